The Labute approximate surface area is 117 Å². The van der Waals surface area contributed by atoms with Crippen molar-refractivity contribution >= 4 is 0 Å². The van der Waals surface area contributed by atoms with E-state index in [2.05, 4.69) is 40.5 Å². The lowest BCUT2D eigenvalue weighted by molar-refractivity contribution is 0.109. The van der Waals surface area contributed by atoms with Crippen molar-refractivity contribution in [2.45, 2.75) is 44.7 Å². The summed E-state index contributed by atoms with van der Waals surface area (Å²) < 4.78 is 0. The molecule has 2 nitrogen and oxygen atoms in total. The standard InChI is InChI=1S/C17H26N2/c1-3-7-15(8-4-1)13-19(14-16-11-18-12-16)17-9-5-2-6-10-17/h1,3-4,7-8,16-18H,2,5-6,9-14H2. The van der Waals surface area contributed by atoms with Gasteiger partial charge < -0.3 is 5.32 Å². The van der Waals surface area contributed by atoms with E-state index in [0.29, 0.717) is 0 Å². The molecule has 3 rings (SSSR count). The molecule has 1 saturated carbocycles. The Hall–Kier alpha value is -0.860. The van der Waals surface area contributed by atoms with Crippen molar-refractivity contribution in [2.24, 2.45) is 5.92 Å². The van der Waals surface area contributed by atoms with E-state index in [1.165, 1.54) is 57.3 Å². The Kier molecular flexibility index (Phi) is 4.52. The second-order valence-corrected chi connectivity index (χ2v) is 6.23. The lowest BCUT2D eigenvalue weighted by Gasteiger charge is -2.39. The van der Waals surface area contributed by atoms with Crippen LogP contribution >= 0.6 is 0 Å². The number of hydrogen-bond acceptors (Lipinski definition) is 2. The van der Waals surface area contributed by atoms with Crippen molar-refractivity contribution < 1.29 is 0 Å². The molecule has 1 heterocycles. The predicted molar refractivity (Wildman–Crippen MR) is 80.1 cm³/mol. The van der Waals surface area contributed by atoms with E-state index < -0.39 is 0 Å². The molecule has 0 spiro atoms. The predicted octanol–water partition coefficient (Wildman–Crippen LogP) is 3.04. The normalized spacial score (nSPS) is 21.5. The van der Waals surface area contributed by atoms with Gasteiger partial charge >= 0.3 is 0 Å². The average Bonchev–Trinajstić information content (AvgIpc) is 2.43. The summed E-state index contributed by atoms with van der Waals surface area (Å²) in [5.41, 5.74) is 1.47. The third kappa shape index (κ3) is 3.58. The first-order chi connectivity index (χ1) is 9.42. The third-order valence-electron chi connectivity index (χ3n) is 4.68. The highest BCUT2D eigenvalue weighted by atomic mass is 15.2. The van der Waals surface area contributed by atoms with Gasteiger partial charge in [0, 0.05) is 32.2 Å². The van der Waals surface area contributed by atoms with Crippen molar-refractivity contribution in [3.63, 3.8) is 0 Å². The molecule has 0 unspecified atom stereocenters. The molecule has 104 valence electrons. The Bertz CT molecular complexity index is 366. The zero-order valence-corrected chi connectivity index (χ0v) is 11.9. The van der Waals surface area contributed by atoms with Crippen LogP contribution in [0.5, 0.6) is 0 Å². The van der Waals surface area contributed by atoms with Gasteiger partial charge in [-0.1, -0.05) is 49.6 Å². The van der Waals surface area contributed by atoms with Gasteiger partial charge in [0.15, 0.2) is 0 Å². The van der Waals surface area contributed by atoms with Crippen molar-refractivity contribution in [2.75, 3.05) is 19.6 Å². The van der Waals surface area contributed by atoms with Crippen LogP contribution in [0.4, 0.5) is 0 Å². The van der Waals surface area contributed by atoms with E-state index in [1.54, 1.807) is 0 Å². The summed E-state index contributed by atoms with van der Waals surface area (Å²) in [4.78, 5) is 2.76. The van der Waals surface area contributed by atoms with E-state index in [9.17, 15) is 0 Å². The van der Waals surface area contributed by atoms with Crippen LogP contribution in [0.1, 0.15) is 37.7 Å². The van der Waals surface area contributed by atoms with Crippen molar-refractivity contribution in [1.82, 2.24) is 10.2 Å². The van der Waals surface area contributed by atoms with Gasteiger partial charge in [-0.25, -0.2) is 0 Å². The van der Waals surface area contributed by atoms with Crippen LogP contribution in [0.15, 0.2) is 30.3 Å². The maximum absolute atomic E-state index is 3.41. The fourth-order valence-corrected chi connectivity index (χ4v) is 3.42. The Morgan fingerprint density at radius 1 is 1.00 bits per heavy atom. The molecule has 1 aliphatic heterocycles. The van der Waals surface area contributed by atoms with Crippen LogP contribution in [0.2, 0.25) is 0 Å². The minimum Gasteiger partial charge on any atom is -0.316 e. The zero-order chi connectivity index (χ0) is 12.9. The van der Waals surface area contributed by atoms with Crippen LogP contribution in [0, 0.1) is 5.92 Å². The van der Waals surface area contributed by atoms with Crippen LogP contribution in [-0.4, -0.2) is 30.6 Å². The SMILES string of the molecule is c1ccc(CN(CC2CNC2)C2CCCCC2)cc1. The molecule has 0 amide bonds. The van der Waals surface area contributed by atoms with Crippen LogP contribution < -0.4 is 5.32 Å². The summed E-state index contributed by atoms with van der Waals surface area (Å²) in [6, 6.07) is 11.8. The monoisotopic (exact) mass is 258 g/mol. The first kappa shape index (κ1) is 13.1. The van der Waals surface area contributed by atoms with Gasteiger partial charge in [0.25, 0.3) is 0 Å². The second-order valence-electron chi connectivity index (χ2n) is 6.23. The molecule has 19 heavy (non-hydrogen) atoms. The molecular formula is C17H26N2. The smallest absolute Gasteiger partial charge is 0.0236 e. The first-order valence-corrected chi connectivity index (χ1v) is 7.90. The summed E-state index contributed by atoms with van der Waals surface area (Å²) >= 11 is 0. The maximum Gasteiger partial charge on any atom is 0.0236 e. The van der Waals surface area contributed by atoms with Gasteiger partial charge in [-0.2, -0.15) is 0 Å². The number of hydrogen-bond donors (Lipinski definition) is 1. The summed E-state index contributed by atoms with van der Waals surface area (Å²) in [5, 5.41) is 3.41. The highest BCUT2D eigenvalue weighted by Gasteiger charge is 2.26. The van der Waals surface area contributed by atoms with Gasteiger partial charge in [0.1, 0.15) is 0 Å². The fourth-order valence-electron chi connectivity index (χ4n) is 3.42. The second kappa shape index (κ2) is 6.53. The Balaban J connectivity index is 1.63. The van der Waals surface area contributed by atoms with Gasteiger partial charge in [-0.05, 0) is 24.3 Å². The minimum atomic E-state index is 0.828. The molecule has 1 aliphatic carbocycles. The van der Waals surface area contributed by atoms with E-state index in [1.807, 2.05) is 0 Å². The quantitative estimate of drug-likeness (QED) is 0.873. The van der Waals surface area contributed by atoms with E-state index in [0.717, 1.165) is 18.5 Å². The summed E-state index contributed by atoms with van der Waals surface area (Å²) in [5.74, 6) is 0.880. The fraction of sp³-hybridized carbons (Fsp3) is 0.647. The lowest BCUT2D eigenvalue weighted by atomic mass is 9.92. The number of rotatable bonds is 5. The zero-order valence-electron chi connectivity index (χ0n) is 11.9. The molecule has 1 N–H and O–H groups in total. The van der Waals surface area contributed by atoms with Crippen molar-refractivity contribution in [3.05, 3.63) is 35.9 Å². The molecule has 1 aromatic rings. The van der Waals surface area contributed by atoms with Crippen molar-refractivity contribution in [3.8, 4) is 0 Å². The van der Waals surface area contributed by atoms with Gasteiger partial charge in [0.2, 0.25) is 0 Å². The largest absolute Gasteiger partial charge is 0.316 e. The minimum absolute atomic E-state index is 0.828. The highest BCUT2D eigenvalue weighted by Crippen LogP contribution is 2.25. The molecule has 0 bridgehead atoms. The molecule has 0 radical (unpaired) electrons. The Morgan fingerprint density at radius 3 is 2.37 bits per heavy atom. The highest BCUT2D eigenvalue weighted by molar-refractivity contribution is 5.14. The van der Waals surface area contributed by atoms with Crippen LogP contribution in [-0.2, 0) is 6.54 Å². The van der Waals surface area contributed by atoms with E-state index in [-0.39, 0.29) is 0 Å². The molecule has 0 aromatic heterocycles. The molecular weight excluding hydrogens is 232 g/mol. The number of nitrogens with one attached hydrogen (secondary N) is 1. The summed E-state index contributed by atoms with van der Waals surface area (Å²) in [6.45, 7) is 4.87. The van der Waals surface area contributed by atoms with Gasteiger partial charge in [-0.3, -0.25) is 4.90 Å². The van der Waals surface area contributed by atoms with E-state index >= 15 is 0 Å². The first-order valence-electron chi connectivity index (χ1n) is 7.90. The van der Waals surface area contributed by atoms with Gasteiger partial charge in [0.05, 0.1) is 0 Å². The van der Waals surface area contributed by atoms with Gasteiger partial charge in [-0.15, -0.1) is 0 Å². The molecule has 1 aromatic carbocycles. The summed E-state index contributed by atoms with van der Waals surface area (Å²) in [6.07, 6.45) is 7.12. The molecule has 2 heteroatoms. The molecule has 1 saturated heterocycles. The molecule has 2 fully saturated rings. The van der Waals surface area contributed by atoms with E-state index in [4.69, 9.17) is 0 Å². The van der Waals surface area contributed by atoms with Crippen LogP contribution in [0.25, 0.3) is 0 Å². The molecule has 0 atom stereocenters. The van der Waals surface area contributed by atoms with Crippen LogP contribution in [0.3, 0.4) is 0 Å². The summed E-state index contributed by atoms with van der Waals surface area (Å²) in [7, 11) is 0. The lowest BCUT2D eigenvalue weighted by Crippen LogP contribution is -2.50. The van der Waals surface area contributed by atoms with Crippen molar-refractivity contribution in [1.29, 1.82) is 0 Å². The molecule has 2 aliphatic rings. The topological polar surface area (TPSA) is 15.3 Å². The number of benzene rings is 1. The average molecular weight is 258 g/mol. The maximum atomic E-state index is 3.41. The number of nitrogens with zero attached hydrogens (tertiary/aromatic N) is 1. The Morgan fingerprint density at radius 2 is 1.74 bits per heavy atom. The third-order valence-corrected chi connectivity index (χ3v) is 4.68.